The summed E-state index contributed by atoms with van der Waals surface area (Å²) in [4.78, 5) is 23.8. The molecule has 0 aromatic heterocycles. The Morgan fingerprint density at radius 2 is 1.90 bits per heavy atom. The van der Waals surface area contributed by atoms with Gasteiger partial charge in [-0.3, -0.25) is 9.59 Å². The third-order valence-corrected chi connectivity index (χ3v) is 5.63. The standard InChI is InChI=1S/C23H20N2O3S/c1-15(19-8-4-6-17-5-2-3-7-20(17)19)23(28)25-21-11-16(12-24)9-10-18(21)13-29-14-22(26)27/h2-11,15H,13-14H2,1H3,(H,25,28)(H,26,27). The van der Waals surface area contributed by atoms with Crippen LogP contribution in [0.3, 0.4) is 0 Å². The molecule has 0 saturated carbocycles. The Balaban J connectivity index is 1.85. The number of carbonyl (C=O) groups excluding carboxylic acids is 1. The summed E-state index contributed by atoms with van der Waals surface area (Å²) in [7, 11) is 0. The lowest BCUT2D eigenvalue weighted by Gasteiger charge is -2.17. The number of thioether (sulfide) groups is 1. The second-order valence-electron chi connectivity index (χ2n) is 6.65. The number of fused-ring (bicyclic) bond motifs is 1. The second-order valence-corrected chi connectivity index (χ2v) is 7.64. The van der Waals surface area contributed by atoms with Gasteiger partial charge >= 0.3 is 5.97 Å². The van der Waals surface area contributed by atoms with Crippen molar-refractivity contribution in [1.29, 1.82) is 5.26 Å². The Morgan fingerprint density at radius 1 is 1.14 bits per heavy atom. The number of rotatable bonds is 7. The summed E-state index contributed by atoms with van der Waals surface area (Å²) in [6.07, 6.45) is 0. The fourth-order valence-corrected chi connectivity index (χ4v) is 3.90. The Hall–Kier alpha value is -3.30. The molecule has 0 saturated heterocycles. The number of nitriles is 1. The summed E-state index contributed by atoms with van der Waals surface area (Å²) in [6, 6.07) is 20.9. The van der Waals surface area contributed by atoms with E-state index in [0.717, 1.165) is 21.9 Å². The van der Waals surface area contributed by atoms with Crippen LogP contribution in [-0.2, 0) is 15.3 Å². The summed E-state index contributed by atoms with van der Waals surface area (Å²) in [5.74, 6) is -1.07. The van der Waals surface area contributed by atoms with E-state index in [1.807, 2.05) is 49.4 Å². The molecular weight excluding hydrogens is 384 g/mol. The monoisotopic (exact) mass is 404 g/mol. The Morgan fingerprint density at radius 3 is 2.66 bits per heavy atom. The topological polar surface area (TPSA) is 90.2 Å². The van der Waals surface area contributed by atoms with Crippen LogP contribution in [0.2, 0.25) is 0 Å². The number of carbonyl (C=O) groups is 2. The van der Waals surface area contributed by atoms with Gasteiger partial charge in [0.05, 0.1) is 23.3 Å². The minimum absolute atomic E-state index is 0.0280. The third-order valence-electron chi connectivity index (χ3n) is 4.66. The molecule has 0 fully saturated rings. The van der Waals surface area contributed by atoms with E-state index < -0.39 is 11.9 Å². The van der Waals surface area contributed by atoms with Gasteiger partial charge in [-0.25, -0.2) is 0 Å². The molecule has 0 bridgehead atoms. The second kappa shape index (κ2) is 9.26. The molecule has 1 atom stereocenters. The van der Waals surface area contributed by atoms with Gasteiger partial charge in [-0.05, 0) is 41.0 Å². The molecule has 0 heterocycles. The zero-order valence-electron chi connectivity index (χ0n) is 15.9. The van der Waals surface area contributed by atoms with Gasteiger partial charge in [-0.1, -0.05) is 48.5 Å². The first kappa shape index (κ1) is 20.4. The fraction of sp³-hybridized carbons (Fsp3) is 0.174. The number of hydrogen-bond donors (Lipinski definition) is 2. The lowest BCUT2D eigenvalue weighted by molar-refractivity contribution is -0.133. The molecule has 0 aliphatic heterocycles. The maximum absolute atomic E-state index is 13.0. The van der Waals surface area contributed by atoms with E-state index in [2.05, 4.69) is 11.4 Å². The van der Waals surface area contributed by atoms with Crippen molar-refractivity contribution in [3.05, 3.63) is 77.4 Å². The van der Waals surface area contributed by atoms with Crippen molar-refractivity contribution in [3.8, 4) is 6.07 Å². The minimum atomic E-state index is -0.890. The van der Waals surface area contributed by atoms with Gasteiger partial charge in [-0.2, -0.15) is 5.26 Å². The zero-order chi connectivity index (χ0) is 20.8. The smallest absolute Gasteiger partial charge is 0.313 e. The van der Waals surface area contributed by atoms with Crippen LogP contribution < -0.4 is 5.32 Å². The lowest BCUT2D eigenvalue weighted by atomic mass is 9.94. The first-order valence-electron chi connectivity index (χ1n) is 9.10. The highest BCUT2D eigenvalue weighted by Gasteiger charge is 2.19. The number of carboxylic acid groups (broad SMARTS) is 1. The highest BCUT2D eigenvalue weighted by molar-refractivity contribution is 7.99. The molecule has 6 heteroatoms. The van der Waals surface area contributed by atoms with Crippen LogP contribution in [0.5, 0.6) is 0 Å². The summed E-state index contributed by atoms with van der Waals surface area (Å²) in [5.41, 5.74) is 2.69. The summed E-state index contributed by atoms with van der Waals surface area (Å²) < 4.78 is 0. The molecule has 1 unspecified atom stereocenters. The summed E-state index contributed by atoms with van der Waals surface area (Å²) >= 11 is 1.24. The Kier molecular flexibility index (Phi) is 6.53. The molecule has 0 radical (unpaired) electrons. The van der Waals surface area contributed by atoms with Gasteiger partial charge < -0.3 is 10.4 Å². The molecule has 146 valence electrons. The van der Waals surface area contributed by atoms with E-state index in [1.165, 1.54) is 11.8 Å². The van der Waals surface area contributed by atoms with Crippen molar-refractivity contribution >= 4 is 40.1 Å². The van der Waals surface area contributed by atoms with Crippen LogP contribution in [0.15, 0.2) is 60.7 Å². The van der Waals surface area contributed by atoms with Crippen molar-refractivity contribution in [2.24, 2.45) is 0 Å². The summed E-state index contributed by atoms with van der Waals surface area (Å²) in [5, 5.41) is 23.1. The zero-order valence-corrected chi connectivity index (χ0v) is 16.7. The van der Waals surface area contributed by atoms with Gasteiger partial charge in [0.25, 0.3) is 0 Å². The molecule has 0 aliphatic carbocycles. The number of aliphatic carboxylic acids is 1. The minimum Gasteiger partial charge on any atom is -0.481 e. The number of anilines is 1. The number of nitrogens with zero attached hydrogens (tertiary/aromatic N) is 1. The largest absolute Gasteiger partial charge is 0.481 e. The van der Waals surface area contributed by atoms with Crippen LogP contribution >= 0.6 is 11.8 Å². The maximum atomic E-state index is 13.0. The van der Waals surface area contributed by atoms with Gasteiger partial charge in [0.2, 0.25) is 5.91 Å². The van der Waals surface area contributed by atoms with E-state index in [0.29, 0.717) is 17.0 Å². The highest BCUT2D eigenvalue weighted by Crippen LogP contribution is 2.28. The van der Waals surface area contributed by atoms with Gasteiger partial charge in [-0.15, -0.1) is 11.8 Å². The predicted octanol–water partition coefficient (Wildman–Crippen LogP) is 4.77. The predicted molar refractivity (Wildman–Crippen MR) is 116 cm³/mol. The molecule has 29 heavy (non-hydrogen) atoms. The molecule has 3 rings (SSSR count). The van der Waals surface area contributed by atoms with Crippen LogP contribution in [0.4, 0.5) is 5.69 Å². The Labute approximate surface area is 173 Å². The molecule has 2 N–H and O–H groups in total. The molecule has 5 nitrogen and oxygen atoms in total. The van der Waals surface area contributed by atoms with Crippen molar-refractivity contribution < 1.29 is 14.7 Å². The number of nitrogens with one attached hydrogen (secondary N) is 1. The van der Waals surface area contributed by atoms with E-state index in [4.69, 9.17) is 5.11 Å². The Bertz CT molecular complexity index is 1100. The fourth-order valence-electron chi connectivity index (χ4n) is 3.15. The van der Waals surface area contributed by atoms with Crippen LogP contribution in [0, 0.1) is 11.3 Å². The van der Waals surface area contributed by atoms with Crippen molar-refractivity contribution in [2.45, 2.75) is 18.6 Å². The van der Waals surface area contributed by atoms with Gasteiger partial charge in [0, 0.05) is 11.4 Å². The average molecular weight is 404 g/mol. The van der Waals surface area contributed by atoms with Gasteiger partial charge in [0.1, 0.15) is 0 Å². The SMILES string of the molecule is CC(C(=O)Nc1cc(C#N)ccc1CSCC(=O)O)c1cccc2ccccc12. The first-order chi connectivity index (χ1) is 14.0. The third kappa shape index (κ3) is 4.95. The summed E-state index contributed by atoms with van der Waals surface area (Å²) in [6.45, 7) is 1.85. The first-order valence-corrected chi connectivity index (χ1v) is 10.3. The lowest BCUT2D eigenvalue weighted by Crippen LogP contribution is -2.20. The van der Waals surface area contributed by atoms with E-state index >= 15 is 0 Å². The van der Waals surface area contributed by atoms with E-state index in [9.17, 15) is 14.9 Å². The van der Waals surface area contributed by atoms with Crippen molar-refractivity contribution in [1.82, 2.24) is 0 Å². The molecule has 3 aromatic rings. The van der Waals surface area contributed by atoms with Crippen molar-refractivity contribution in [2.75, 3.05) is 11.1 Å². The van der Waals surface area contributed by atoms with Crippen LogP contribution in [0.25, 0.3) is 10.8 Å². The maximum Gasteiger partial charge on any atom is 0.313 e. The highest BCUT2D eigenvalue weighted by atomic mass is 32.2. The number of amides is 1. The van der Waals surface area contributed by atoms with Crippen LogP contribution in [0.1, 0.15) is 29.5 Å². The van der Waals surface area contributed by atoms with Crippen LogP contribution in [-0.4, -0.2) is 22.7 Å². The van der Waals surface area contributed by atoms with E-state index in [-0.39, 0.29) is 11.7 Å². The number of benzene rings is 3. The van der Waals surface area contributed by atoms with Gasteiger partial charge in [0.15, 0.2) is 0 Å². The molecule has 0 spiro atoms. The average Bonchev–Trinajstić information content (AvgIpc) is 2.73. The molecule has 0 aliphatic rings. The van der Waals surface area contributed by atoms with E-state index in [1.54, 1.807) is 18.2 Å². The number of hydrogen-bond acceptors (Lipinski definition) is 4. The quantitative estimate of drug-likeness (QED) is 0.592. The normalized spacial score (nSPS) is 11.6. The molecule has 3 aromatic carbocycles. The molecule has 1 amide bonds. The molecular formula is C23H20N2O3S. The van der Waals surface area contributed by atoms with Crippen molar-refractivity contribution in [3.63, 3.8) is 0 Å². The number of carboxylic acids is 1.